The van der Waals surface area contributed by atoms with Crippen LogP contribution in [0.2, 0.25) is 0 Å². The first-order valence-corrected chi connectivity index (χ1v) is 5.90. The van der Waals surface area contributed by atoms with Gasteiger partial charge in [-0.05, 0) is 30.5 Å². The summed E-state index contributed by atoms with van der Waals surface area (Å²) in [6.07, 6.45) is 6.79. The molecule has 0 atom stereocenters. The Morgan fingerprint density at radius 1 is 0.867 bits per heavy atom. The number of hydrogen-bond acceptors (Lipinski definition) is 1. The lowest BCUT2D eigenvalue weighted by atomic mass is 9.84. The smallest absolute Gasteiger partial charge is 0.0361 e. The molecule has 0 saturated heterocycles. The van der Waals surface area contributed by atoms with Gasteiger partial charge in [-0.25, -0.2) is 0 Å². The van der Waals surface area contributed by atoms with Crippen LogP contribution in [0.1, 0.15) is 37.7 Å². The first kappa shape index (κ1) is 10.5. The molecule has 1 aliphatic carbocycles. The van der Waals surface area contributed by atoms with Crippen molar-refractivity contribution in [2.24, 2.45) is 0 Å². The Morgan fingerprint density at radius 3 is 2.00 bits per heavy atom. The summed E-state index contributed by atoms with van der Waals surface area (Å²) in [7, 11) is 4.17. The minimum atomic E-state index is 1.29. The van der Waals surface area contributed by atoms with E-state index in [1.807, 2.05) is 0 Å². The van der Waals surface area contributed by atoms with Gasteiger partial charge in [0.2, 0.25) is 0 Å². The fourth-order valence-electron chi connectivity index (χ4n) is 2.26. The lowest BCUT2D eigenvalue weighted by Crippen LogP contribution is -2.09. The quantitative estimate of drug-likeness (QED) is 0.707. The predicted octanol–water partition coefficient (Wildman–Crippen LogP) is 3.64. The second-order valence-corrected chi connectivity index (χ2v) is 4.61. The molecule has 15 heavy (non-hydrogen) atoms. The van der Waals surface area contributed by atoms with Crippen molar-refractivity contribution in [3.8, 4) is 0 Å². The van der Waals surface area contributed by atoms with Gasteiger partial charge in [0, 0.05) is 25.7 Å². The van der Waals surface area contributed by atoms with Gasteiger partial charge < -0.3 is 4.90 Å². The molecule has 1 aromatic rings. The monoisotopic (exact) mass is 202 g/mol. The summed E-state index contributed by atoms with van der Waals surface area (Å²) < 4.78 is 0. The van der Waals surface area contributed by atoms with Crippen molar-refractivity contribution in [3.63, 3.8) is 0 Å². The molecule has 1 aromatic carbocycles. The Morgan fingerprint density at radius 2 is 1.47 bits per heavy atom. The summed E-state index contributed by atoms with van der Waals surface area (Å²) in [6, 6.07) is 8.99. The van der Waals surface area contributed by atoms with Crippen LogP contribution in [0.5, 0.6) is 0 Å². The van der Waals surface area contributed by atoms with Crippen LogP contribution in [-0.4, -0.2) is 14.1 Å². The second kappa shape index (κ2) is 4.69. The standard InChI is InChI=1S/C14H20N/c1-15(2)14-10-8-13(9-11-14)12-6-4-3-5-7-12/h8-11H,3-7H2,1-2H3. The molecule has 1 heteroatoms. The van der Waals surface area contributed by atoms with Crippen LogP contribution in [0.15, 0.2) is 24.3 Å². The van der Waals surface area contributed by atoms with Gasteiger partial charge in [0.05, 0.1) is 0 Å². The highest BCUT2D eigenvalue weighted by atomic mass is 15.1. The van der Waals surface area contributed by atoms with Crippen molar-refractivity contribution >= 4 is 5.69 Å². The van der Waals surface area contributed by atoms with Crippen LogP contribution < -0.4 is 4.90 Å². The Hall–Kier alpha value is -0.980. The molecule has 0 aromatic heterocycles. The van der Waals surface area contributed by atoms with E-state index >= 15 is 0 Å². The van der Waals surface area contributed by atoms with Crippen LogP contribution in [0.3, 0.4) is 0 Å². The average Bonchev–Trinajstić information content (AvgIpc) is 2.30. The normalized spacial score (nSPS) is 17.7. The molecule has 2 rings (SSSR count). The summed E-state index contributed by atoms with van der Waals surface area (Å²) >= 11 is 0. The number of hydrogen-bond donors (Lipinski definition) is 0. The van der Waals surface area contributed by atoms with E-state index in [9.17, 15) is 0 Å². The van der Waals surface area contributed by atoms with Crippen LogP contribution in [0, 0.1) is 5.92 Å². The molecule has 0 unspecified atom stereocenters. The van der Waals surface area contributed by atoms with Crippen molar-refractivity contribution in [1.82, 2.24) is 0 Å². The third-order valence-corrected chi connectivity index (χ3v) is 3.25. The third kappa shape index (κ3) is 2.53. The van der Waals surface area contributed by atoms with E-state index in [4.69, 9.17) is 0 Å². The van der Waals surface area contributed by atoms with Crippen LogP contribution in [-0.2, 0) is 0 Å². The van der Waals surface area contributed by atoms with Crippen molar-refractivity contribution in [2.45, 2.75) is 32.1 Å². The number of anilines is 1. The number of benzene rings is 1. The van der Waals surface area contributed by atoms with Gasteiger partial charge >= 0.3 is 0 Å². The molecule has 1 radical (unpaired) electrons. The summed E-state index contributed by atoms with van der Waals surface area (Å²) in [4.78, 5) is 2.15. The maximum absolute atomic E-state index is 2.27. The first-order valence-electron chi connectivity index (χ1n) is 5.90. The molecular weight excluding hydrogens is 182 g/mol. The summed E-state index contributed by atoms with van der Waals surface area (Å²) in [5.74, 6) is 1.66. The largest absolute Gasteiger partial charge is 0.378 e. The minimum Gasteiger partial charge on any atom is -0.378 e. The zero-order valence-corrected chi connectivity index (χ0v) is 9.79. The van der Waals surface area contributed by atoms with Crippen molar-refractivity contribution < 1.29 is 0 Å². The van der Waals surface area contributed by atoms with Gasteiger partial charge in [-0.15, -0.1) is 0 Å². The molecule has 1 fully saturated rings. The van der Waals surface area contributed by atoms with E-state index in [1.54, 1.807) is 5.92 Å². The highest BCUT2D eigenvalue weighted by molar-refractivity contribution is 5.48. The van der Waals surface area contributed by atoms with Crippen LogP contribution in [0.25, 0.3) is 0 Å². The van der Waals surface area contributed by atoms with Crippen molar-refractivity contribution in [1.29, 1.82) is 0 Å². The minimum absolute atomic E-state index is 1.29. The van der Waals surface area contributed by atoms with E-state index in [-0.39, 0.29) is 0 Å². The van der Waals surface area contributed by atoms with Gasteiger partial charge in [-0.2, -0.15) is 0 Å². The van der Waals surface area contributed by atoms with Crippen molar-refractivity contribution in [3.05, 3.63) is 35.7 Å². The fourth-order valence-corrected chi connectivity index (χ4v) is 2.26. The van der Waals surface area contributed by atoms with E-state index in [1.165, 1.54) is 43.4 Å². The molecule has 0 bridgehead atoms. The Kier molecular flexibility index (Phi) is 3.30. The molecule has 0 aliphatic heterocycles. The lowest BCUT2D eigenvalue weighted by Gasteiger charge is -2.22. The molecule has 0 N–H and O–H groups in total. The molecular formula is C14H20N. The molecule has 0 heterocycles. The Balaban J connectivity index is 2.08. The van der Waals surface area contributed by atoms with Crippen LogP contribution >= 0.6 is 0 Å². The second-order valence-electron chi connectivity index (χ2n) is 4.61. The van der Waals surface area contributed by atoms with E-state index in [2.05, 4.69) is 43.3 Å². The van der Waals surface area contributed by atoms with Crippen molar-refractivity contribution in [2.75, 3.05) is 19.0 Å². The fraction of sp³-hybridized carbons (Fsp3) is 0.500. The molecule has 0 amide bonds. The molecule has 81 valence electrons. The van der Waals surface area contributed by atoms with E-state index in [0.717, 1.165) is 0 Å². The SMILES string of the molecule is CN(C)c1ccc([C]2CCCCC2)cc1. The lowest BCUT2D eigenvalue weighted by molar-refractivity contribution is 0.551. The van der Waals surface area contributed by atoms with Gasteiger partial charge in [-0.1, -0.05) is 31.4 Å². The molecule has 0 spiro atoms. The summed E-state index contributed by atoms with van der Waals surface area (Å²) in [5, 5.41) is 0. The molecule has 1 saturated carbocycles. The maximum Gasteiger partial charge on any atom is 0.0361 e. The van der Waals surface area contributed by atoms with Gasteiger partial charge in [0.25, 0.3) is 0 Å². The first-order chi connectivity index (χ1) is 7.27. The van der Waals surface area contributed by atoms with Gasteiger partial charge in [0.1, 0.15) is 0 Å². The Bertz CT molecular complexity index is 294. The van der Waals surface area contributed by atoms with E-state index in [0.29, 0.717) is 0 Å². The highest BCUT2D eigenvalue weighted by Gasteiger charge is 2.15. The van der Waals surface area contributed by atoms with Crippen LogP contribution in [0.4, 0.5) is 5.69 Å². The maximum atomic E-state index is 2.27. The predicted molar refractivity (Wildman–Crippen MR) is 66.2 cm³/mol. The molecule has 1 aliphatic rings. The summed E-state index contributed by atoms with van der Waals surface area (Å²) in [5.41, 5.74) is 2.75. The van der Waals surface area contributed by atoms with E-state index < -0.39 is 0 Å². The van der Waals surface area contributed by atoms with Gasteiger partial charge in [0.15, 0.2) is 0 Å². The summed E-state index contributed by atoms with van der Waals surface area (Å²) in [6.45, 7) is 0. The van der Waals surface area contributed by atoms with Gasteiger partial charge in [-0.3, -0.25) is 0 Å². The third-order valence-electron chi connectivity index (χ3n) is 3.25. The molecule has 1 nitrogen and oxygen atoms in total. The zero-order chi connectivity index (χ0) is 10.7. The average molecular weight is 202 g/mol. The topological polar surface area (TPSA) is 3.24 Å². The Labute approximate surface area is 93.1 Å². The highest BCUT2D eigenvalue weighted by Crippen LogP contribution is 2.32. The number of nitrogens with zero attached hydrogens (tertiary/aromatic N) is 1. The number of rotatable bonds is 2. The zero-order valence-electron chi connectivity index (χ0n) is 9.79.